The van der Waals surface area contributed by atoms with Crippen molar-refractivity contribution < 1.29 is 4.79 Å². The van der Waals surface area contributed by atoms with Crippen molar-refractivity contribution in [1.29, 1.82) is 0 Å². The van der Waals surface area contributed by atoms with E-state index < -0.39 is 6.04 Å². The average Bonchev–Trinajstić information content (AvgIpc) is 2.92. The van der Waals surface area contributed by atoms with E-state index in [9.17, 15) is 4.79 Å². The summed E-state index contributed by atoms with van der Waals surface area (Å²) in [5.41, 5.74) is 7.98. The van der Waals surface area contributed by atoms with Crippen LogP contribution in [0.1, 0.15) is 35.8 Å². The normalized spacial score (nSPS) is 12.1. The molecule has 0 fully saturated rings. The molecule has 0 aliphatic rings. The number of amides is 1. The zero-order valence-electron chi connectivity index (χ0n) is 13.2. The third-order valence-electron chi connectivity index (χ3n) is 3.77. The molecule has 1 aromatic heterocycles. The molecular weight excluding hydrogens is 276 g/mol. The lowest BCUT2D eigenvalue weighted by Crippen LogP contribution is -2.34. The van der Waals surface area contributed by atoms with Crippen LogP contribution < -0.4 is 11.1 Å². The van der Waals surface area contributed by atoms with Crippen molar-refractivity contribution in [2.75, 3.05) is 6.54 Å². The highest BCUT2D eigenvalue weighted by Crippen LogP contribution is 2.11. The summed E-state index contributed by atoms with van der Waals surface area (Å²) >= 11 is 0. The number of carbonyl (C=O) groups excluding carboxylic acids is 1. The number of carbonyl (C=O) groups is 1. The van der Waals surface area contributed by atoms with Gasteiger partial charge >= 0.3 is 0 Å². The summed E-state index contributed by atoms with van der Waals surface area (Å²) in [4.78, 5) is 16.2. The predicted molar refractivity (Wildman–Crippen MR) is 87.3 cm³/mol. The first-order valence-corrected chi connectivity index (χ1v) is 7.65. The van der Waals surface area contributed by atoms with Crippen LogP contribution in [0, 0.1) is 13.8 Å². The van der Waals surface area contributed by atoms with Gasteiger partial charge in [0.2, 0.25) is 5.91 Å². The molecule has 0 radical (unpaired) electrons. The van der Waals surface area contributed by atoms with Crippen molar-refractivity contribution in [3.05, 3.63) is 53.6 Å². The summed E-state index contributed by atoms with van der Waals surface area (Å²) in [7, 11) is 0. The minimum Gasteiger partial charge on any atom is -0.354 e. The molecule has 0 bridgehead atoms. The van der Waals surface area contributed by atoms with E-state index in [1.54, 1.807) is 6.20 Å². The molecule has 1 amide bonds. The summed E-state index contributed by atoms with van der Waals surface area (Å²) in [6.07, 6.45) is 5.69. The Bertz CT molecular complexity index is 603. The van der Waals surface area contributed by atoms with E-state index in [1.807, 2.05) is 44.3 Å². The summed E-state index contributed by atoms with van der Waals surface area (Å²) < 4.78 is 2.11. The van der Waals surface area contributed by atoms with E-state index >= 15 is 0 Å². The number of aromatic nitrogens is 2. The van der Waals surface area contributed by atoms with E-state index in [2.05, 4.69) is 14.9 Å². The van der Waals surface area contributed by atoms with Gasteiger partial charge in [-0.1, -0.05) is 29.8 Å². The topological polar surface area (TPSA) is 72.9 Å². The number of benzene rings is 1. The van der Waals surface area contributed by atoms with Crippen molar-refractivity contribution in [1.82, 2.24) is 14.9 Å². The minimum atomic E-state index is -0.600. The van der Waals surface area contributed by atoms with E-state index in [1.165, 1.54) is 0 Å². The number of unbranched alkanes of at least 4 members (excludes halogenated alkanes) is 1. The fraction of sp³-hybridized carbons (Fsp3) is 0.412. The van der Waals surface area contributed by atoms with Crippen molar-refractivity contribution in [3.63, 3.8) is 0 Å². The number of aryl methyl sites for hydroxylation is 3. The van der Waals surface area contributed by atoms with Crippen molar-refractivity contribution in [2.45, 2.75) is 39.3 Å². The van der Waals surface area contributed by atoms with Gasteiger partial charge in [0.15, 0.2) is 0 Å². The molecule has 0 saturated heterocycles. The van der Waals surface area contributed by atoms with Gasteiger partial charge in [-0.2, -0.15) is 0 Å². The minimum absolute atomic E-state index is 0.123. The van der Waals surface area contributed by atoms with Crippen molar-refractivity contribution in [3.8, 4) is 0 Å². The number of nitrogens with one attached hydrogen (secondary N) is 1. The second kappa shape index (κ2) is 7.75. The van der Waals surface area contributed by atoms with Gasteiger partial charge < -0.3 is 15.6 Å². The largest absolute Gasteiger partial charge is 0.354 e. The van der Waals surface area contributed by atoms with Crippen LogP contribution in [0.25, 0.3) is 0 Å². The number of hydrogen-bond acceptors (Lipinski definition) is 3. The Balaban J connectivity index is 1.69. The third kappa shape index (κ3) is 4.43. The molecule has 0 spiro atoms. The summed E-state index contributed by atoms with van der Waals surface area (Å²) in [6, 6.07) is 7.14. The van der Waals surface area contributed by atoms with Crippen LogP contribution in [0.3, 0.4) is 0 Å². The lowest BCUT2D eigenvalue weighted by atomic mass is 10.1. The highest BCUT2D eigenvalue weighted by atomic mass is 16.2. The zero-order valence-corrected chi connectivity index (χ0v) is 13.2. The number of hydrogen-bond donors (Lipinski definition) is 2. The SMILES string of the molecule is Cc1ccc(C(N)C(=O)NCCCCn2ccnc2C)cc1. The first kappa shape index (κ1) is 16.2. The summed E-state index contributed by atoms with van der Waals surface area (Å²) in [6.45, 7) is 5.57. The highest BCUT2D eigenvalue weighted by Gasteiger charge is 2.14. The second-order valence-electron chi connectivity index (χ2n) is 5.55. The number of imidazole rings is 1. The van der Waals surface area contributed by atoms with E-state index in [-0.39, 0.29) is 5.91 Å². The Hall–Kier alpha value is -2.14. The molecule has 1 heterocycles. The van der Waals surface area contributed by atoms with Gasteiger partial charge in [-0.3, -0.25) is 4.79 Å². The summed E-state index contributed by atoms with van der Waals surface area (Å²) in [5, 5.41) is 2.90. The molecule has 0 aliphatic carbocycles. The Morgan fingerprint density at radius 2 is 2.00 bits per heavy atom. The molecule has 0 aliphatic heterocycles. The molecule has 118 valence electrons. The van der Waals surface area contributed by atoms with Crippen LogP contribution in [0.15, 0.2) is 36.7 Å². The van der Waals surface area contributed by atoms with Gasteiger partial charge in [-0.05, 0) is 32.3 Å². The number of nitrogens with two attached hydrogens (primary N) is 1. The van der Waals surface area contributed by atoms with Gasteiger partial charge in [0.25, 0.3) is 0 Å². The molecule has 1 atom stereocenters. The fourth-order valence-corrected chi connectivity index (χ4v) is 2.29. The van der Waals surface area contributed by atoms with E-state index in [0.29, 0.717) is 6.54 Å². The maximum Gasteiger partial charge on any atom is 0.241 e. The molecule has 2 aromatic rings. The van der Waals surface area contributed by atoms with Crippen molar-refractivity contribution in [2.24, 2.45) is 5.73 Å². The Labute approximate surface area is 131 Å². The molecule has 1 aromatic carbocycles. The van der Waals surface area contributed by atoms with Gasteiger partial charge in [-0.15, -0.1) is 0 Å². The molecular formula is C17H24N4O. The Morgan fingerprint density at radius 1 is 1.27 bits per heavy atom. The standard InChI is InChI=1S/C17H24N4O/c1-13-5-7-15(8-6-13)16(18)17(22)20-9-3-4-11-21-12-10-19-14(21)2/h5-8,10,12,16H,3-4,9,11,18H2,1-2H3,(H,20,22). The van der Waals surface area contributed by atoms with Gasteiger partial charge in [-0.25, -0.2) is 4.98 Å². The predicted octanol–water partition coefficient (Wildman–Crippen LogP) is 2.10. The lowest BCUT2D eigenvalue weighted by molar-refractivity contribution is -0.122. The molecule has 5 heteroatoms. The molecule has 22 heavy (non-hydrogen) atoms. The number of nitrogens with zero attached hydrogens (tertiary/aromatic N) is 2. The zero-order chi connectivity index (χ0) is 15.9. The maximum absolute atomic E-state index is 12.0. The van der Waals surface area contributed by atoms with Crippen LogP contribution in [0.4, 0.5) is 0 Å². The molecule has 3 N–H and O–H groups in total. The van der Waals surface area contributed by atoms with Gasteiger partial charge in [0, 0.05) is 25.5 Å². The van der Waals surface area contributed by atoms with Crippen molar-refractivity contribution >= 4 is 5.91 Å². The second-order valence-corrected chi connectivity index (χ2v) is 5.55. The van der Waals surface area contributed by atoms with Gasteiger partial charge in [0.05, 0.1) is 0 Å². The fourth-order valence-electron chi connectivity index (χ4n) is 2.29. The highest BCUT2D eigenvalue weighted by molar-refractivity contribution is 5.82. The Morgan fingerprint density at radius 3 is 2.64 bits per heavy atom. The van der Waals surface area contributed by atoms with Crippen LogP contribution in [-0.4, -0.2) is 22.0 Å². The first-order valence-electron chi connectivity index (χ1n) is 7.65. The molecule has 5 nitrogen and oxygen atoms in total. The van der Waals surface area contributed by atoms with Crippen LogP contribution in [0.2, 0.25) is 0 Å². The monoisotopic (exact) mass is 300 g/mol. The van der Waals surface area contributed by atoms with Gasteiger partial charge in [0.1, 0.15) is 11.9 Å². The van der Waals surface area contributed by atoms with E-state index in [0.717, 1.165) is 36.3 Å². The smallest absolute Gasteiger partial charge is 0.241 e. The Kier molecular flexibility index (Phi) is 5.72. The molecule has 0 saturated carbocycles. The maximum atomic E-state index is 12.0. The first-order chi connectivity index (χ1) is 10.6. The van der Waals surface area contributed by atoms with Crippen LogP contribution in [0.5, 0.6) is 0 Å². The molecule has 2 rings (SSSR count). The quantitative estimate of drug-likeness (QED) is 0.769. The van der Waals surface area contributed by atoms with Crippen LogP contribution in [-0.2, 0) is 11.3 Å². The summed E-state index contributed by atoms with van der Waals surface area (Å²) in [5.74, 6) is 0.896. The third-order valence-corrected chi connectivity index (χ3v) is 3.77. The van der Waals surface area contributed by atoms with Crippen LogP contribution >= 0.6 is 0 Å². The van der Waals surface area contributed by atoms with E-state index in [4.69, 9.17) is 5.73 Å². The lowest BCUT2D eigenvalue weighted by Gasteiger charge is -2.13. The molecule has 1 unspecified atom stereocenters. The number of rotatable bonds is 7. The average molecular weight is 300 g/mol.